The van der Waals surface area contributed by atoms with Crippen LogP contribution in [0.1, 0.15) is 19.4 Å². The van der Waals surface area contributed by atoms with E-state index in [2.05, 4.69) is 5.32 Å². The van der Waals surface area contributed by atoms with Crippen molar-refractivity contribution in [1.29, 1.82) is 0 Å². The van der Waals surface area contributed by atoms with Gasteiger partial charge in [-0.2, -0.15) is 26.9 Å². The average molecular weight is 488 g/mol. The monoisotopic (exact) mass is 487 g/mol. The molecule has 1 unspecified atom stereocenters. The summed E-state index contributed by atoms with van der Waals surface area (Å²) in [4.78, 5) is 23.3. The highest BCUT2D eigenvalue weighted by atomic mass is 32.2. The number of rotatable bonds is 8. The quantitative estimate of drug-likeness (QED) is 0.480. The van der Waals surface area contributed by atoms with Crippen molar-refractivity contribution in [2.75, 3.05) is 13.1 Å². The van der Waals surface area contributed by atoms with Gasteiger partial charge in [0.15, 0.2) is 6.04 Å². The van der Waals surface area contributed by atoms with Crippen molar-refractivity contribution in [3.05, 3.63) is 54.1 Å². The van der Waals surface area contributed by atoms with Gasteiger partial charge in [-0.25, -0.2) is 13.9 Å². The fourth-order valence-electron chi connectivity index (χ4n) is 3.35. The van der Waals surface area contributed by atoms with Crippen molar-refractivity contribution in [2.24, 2.45) is 5.92 Å². The first kappa shape index (κ1) is 24.7. The molecule has 2 aromatic carbocycles. The van der Waals surface area contributed by atoms with Crippen LogP contribution in [0.4, 0.5) is 18.0 Å². The largest absolute Gasteiger partial charge is 0.457 e. The first-order valence-electron chi connectivity index (χ1n) is 10.1. The number of nitrogens with two attached hydrogens (primary N) is 1. The Bertz CT molecular complexity index is 1120. The van der Waals surface area contributed by atoms with E-state index >= 15 is 0 Å². The maximum absolute atomic E-state index is 13.2. The highest BCUT2D eigenvalue weighted by molar-refractivity contribution is 7.85. The Morgan fingerprint density at radius 1 is 1.03 bits per heavy atom. The van der Waals surface area contributed by atoms with E-state index in [4.69, 9.17) is 4.74 Å². The molecule has 0 radical (unpaired) electrons. The minimum Gasteiger partial charge on any atom is -0.457 e. The van der Waals surface area contributed by atoms with Gasteiger partial charge in [0, 0.05) is 5.92 Å². The maximum Gasteiger partial charge on any atom is 0.421 e. The lowest BCUT2D eigenvalue weighted by atomic mass is 10.2. The van der Waals surface area contributed by atoms with Crippen molar-refractivity contribution in [2.45, 2.75) is 31.0 Å². The van der Waals surface area contributed by atoms with Crippen LogP contribution in [0.5, 0.6) is 11.5 Å². The zero-order chi connectivity index (χ0) is 24.4. The number of carbonyl (C=O) groups excluding carboxylic acids is 2. The van der Waals surface area contributed by atoms with Gasteiger partial charge in [0.05, 0.1) is 12.1 Å². The molecule has 33 heavy (non-hydrogen) atoms. The Balaban J connectivity index is 1.76. The molecule has 0 aliphatic carbocycles. The molecule has 8 nitrogen and oxygen atoms in total. The second kappa shape index (κ2) is 9.49. The molecule has 4 N–H and O–H groups in total. The van der Waals surface area contributed by atoms with Crippen LogP contribution in [-0.4, -0.2) is 39.5 Å². The molecule has 3 amide bonds. The number of nitrogens with one attached hydrogen (secondary N) is 2. The van der Waals surface area contributed by atoms with E-state index < -0.39 is 39.7 Å². The first-order chi connectivity index (χ1) is 15.4. The predicted molar refractivity (Wildman–Crippen MR) is 110 cm³/mol. The summed E-state index contributed by atoms with van der Waals surface area (Å²) < 4.78 is 70.1. The fourth-order valence-corrected chi connectivity index (χ4v) is 5.12. The number of sulfonamides is 1. The van der Waals surface area contributed by atoms with Gasteiger partial charge in [-0.3, -0.25) is 5.32 Å². The number of ether oxygens (including phenoxy) is 1. The molecule has 3 rings (SSSR count). The van der Waals surface area contributed by atoms with E-state index in [9.17, 15) is 31.2 Å². The van der Waals surface area contributed by atoms with Gasteiger partial charge in [-0.05, 0) is 48.5 Å². The lowest BCUT2D eigenvalue weighted by molar-refractivity contribution is -0.772. The minimum atomic E-state index is -4.46. The molecule has 1 heterocycles. The van der Waals surface area contributed by atoms with Crippen molar-refractivity contribution < 1.29 is 45.5 Å². The van der Waals surface area contributed by atoms with Crippen LogP contribution in [0.25, 0.3) is 0 Å². The molecule has 12 heteroatoms. The summed E-state index contributed by atoms with van der Waals surface area (Å²) in [5.41, 5.74) is -0.806. The van der Waals surface area contributed by atoms with Gasteiger partial charge < -0.3 is 4.74 Å². The summed E-state index contributed by atoms with van der Waals surface area (Å²) in [7, 11) is -3.92. The van der Waals surface area contributed by atoms with E-state index in [0.29, 0.717) is 0 Å². The van der Waals surface area contributed by atoms with Gasteiger partial charge in [-0.1, -0.05) is 13.8 Å². The van der Waals surface area contributed by atoms with E-state index in [1.807, 2.05) is 13.8 Å². The number of hydrogen-bond donors (Lipinski definition) is 3. The van der Waals surface area contributed by atoms with Gasteiger partial charge >= 0.3 is 28.1 Å². The molecule has 1 aliphatic heterocycles. The topological polar surface area (TPSA) is 111 Å². The molecular formula is C21H24F3N3O5S+2. The Labute approximate surface area is 188 Å². The smallest absolute Gasteiger partial charge is 0.421 e. The zero-order valence-corrected chi connectivity index (χ0v) is 18.7. The maximum atomic E-state index is 13.2. The van der Waals surface area contributed by atoms with Crippen LogP contribution >= 0.6 is 0 Å². The molecule has 0 bridgehead atoms. The number of quaternary nitrogens is 2. The molecule has 1 fully saturated rings. The number of alkyl halides is 3. The minimum absolute atomic E-state index is 0.00626. The van der Waals surface area contributed by atoms with E-state index in [0.717, 1.165) is 17.4 Å². The summed E-state index contributed by atoms with van der Waals surface area (Å²) >= 11 is 0. The average Bonchev–Trinajstić information content (AvgIpc) is 3.04. The zero-order valence-electron chi connectivity index (χ0n) is 17.8. The molecule has 1 saturated heterocycles. The molecular weight excluding hydrogens is 463 g/mol. The fraction of sp³-hybridized carbons (Fsp3) is 0.333. The Hall–Kier alpha value is -2.96. The first-order valence-corrected chi connectivity index (χ1v) is 11.6. The van der Waals surface area contributed by atoms with E-state index in [1.54, 1.807) is 0 Å². The highest BCUT2D eigenvalue weighted by Crippen LogP contribution is 2.31. The summed E-state index contributed by atoms with van der Waals surface area (Å²) in [6, 6.07) is 8.12. The predicted octanol–water partition coefficient (Wildman–Crippen LogP) is 0.909. The molecule has 0 saturated carbocycles. The van der Waals surface area contributed by atoms with Gasteiger partial charge in [0.1, 0.15) is 22.9 Å². The van der Waals surface area contributed by atoms with Gasteiger partial charge in [0.25, 0.3) is 0 Å². The summed E-state index contributed by atoms with van der Waals surface area (Å²) in [6.45, 7) is 3.78. The third-order valence-electron chi connectivity index (χ3n) is 4.93. The number of halogens is 3. The number of carbonyl (C=O) groups is 2. The third-order valence-corrected chi connectivity index (χ3v) is 6.92. The Kier molecular flexibility index (Phi) is 7.10. The van der Waals surface area contributed by atoms with Crippen LogP contribution < -0.4 is 19.7 Å². The number of primary amides is 2. The van der Waals surface area contributed by atoms with Crippen molar-refractivity contribution in [1.82, 2.24) is 5.32 Å². The molecule has 1 aliphatic rings. The molecule has 178 valence electrons. The Morgan fingerprint density at radius 3 is 2.03 bits per heavy atom. The standard InChI is InChI=1S/C21H22F3N3O5S/c1-13(2)11-27(12-18-19(28)26-20(29)25-18)33(30,31)17-9-7-16(8-10-17)32-15-5-3-14(4-6-15)21(22,23)24/h3-10,13,18H,11-12H2,1-2H3,(H2,25,26,28,29)/p+2/t18-/m0/s1. The van der Waals surface area contributed by atoms with Crippen molar-refractivity contribution in [3.63, 3.8) is 0 Å². The molecule has 2 aromatic rings. The van der Waals surface area contributed by atoms with Crippen LogP contribution in [0.2, 0.25) is 0 Å². The van der Waals surface area contributed by atoms with Crippen LogP contribution in [0.3, 0.4) is 0 Å². The van der Waals surface area contributed by atoms with Crippen molar-refractivity contribution >= 4 is 22.0 Å². The SMILES string of the molecule is CC(C)C[NH+](C[C@@H]1NC(=O)[NH2+]C1=O)S(=O)(=O)c1ccc(Oc2ccc(C(F)(F)F)cc2)cc1. The molecule has 0 spiro atoms. The van der Waals surface area contributed by atoms with Gasteiger partial charge in [0.2, 0.25) is 0 Å². The third kappa shape index (κ3) is 6.09. The van der Waals surface area contributed by atoms with Crippen LogP contribution in [0.15, 0.2) is 53.4 Å². The van der Waals surface area contributed by atoms with Crippen LogP contribution in [-0.2, 0) is 21.0 Å². The number of amides is 3. The number of urea groups is 1. The summed E-state index contributed by atoms with van der Waals surface area (Å²) in [5.74, 6) is -0.0608. The highest BCUT2D eigenvalue weighted by Gasteiger charge is 2.42. The van der Waals surface area contributed by atoms with Crippen molar-refractivity contribution in [3.8, 4) is 11.5 Å². The normalized spacial score (nSPS) is 17.8. The number of benzene rings is 2. The summed E-state index contributed by atoms with van der Waals surface area (Å²) in [6.07, 6.45) is -4.46. The molecule has 0 aromatic heterocycles. The van der Waals surface area contributed by atoms with Gasteiger partial charge in [-0.15, -0.1) is 0 Å². The Morgan fingerprint density at radius 2 is 1.58 bits per heavy atom. The molecule has 2 atom stereocenters. The lowest BCUT2D eigenvalue weighted by Gasteiger charge is -2.22. The van der Waals surface area contributed by atoms with Crippen LogP contribution in [0, 0.1) is 5.92 Å². The second-order valence-electron chi connectivity index (χ2n) is 8.05. The summed E-state index contributed by atoms with van der Waals surface area (Å²) in [5, 5.41) is 3.38. The lowest BCUT2D eigenvalue weighted by Crippen LogP contribution is -3.15. The van der Waals surface area contributed by atoms with E-state index in [1.165, 1.54) is 36.4 Å². The van der Waals surface area contributed by atoms with E-state index in [-0.39, 0.29) is 39.7 Å². The second-order valence-corrected chi connectivity index (χ2v) is 10.1. The number of imide groups is 1. The number of hydrogen-bond acceptors (Lipinski definition) is 5.